The molecule has 2 rings (SSSR count). The first kappa shape index (κ1) is 13.4. The summed E-state index contributed by atoms with van der Waals surface area (Å²) < 4.78 is 27.9. The van der Waals surface area contributed by atoms with Crippen LogP contribution in [0.25, 0.3) is 0 Å². The number of rotatable bonds is 3. The van der Waals surface area contributed by atoms with Crippen LogP contribution in [-0.4, -0.2) is 32.1 Å². The molecule has 2 nitrogen and oxygen atoms in total. The van der Waals surface area contributed by atoms with Crippen molar-refractivity contribution in [1.82, 2.24) is 10.2 Å². The number of likely N-dealkylation sites (tertiary alicyclic amines) is 1. The maximum atomic E-state index is 13.9. The molecule has 0 spiro atoms. The van der Waals surface area contributed by atoms with E-state index in [9.17, 15) is 8.78 Å². The zero-order chi connectivity index (χ0) is 13.1. The molecule has 0 bridgehead atoms. The van der Waals surface area contributed by atoms with Gasteiger partial charge in [-0.15, -0.1) is 0 Å². The van der Waals surface area contributed by atoms with Crippen LogP contribution >= 0.6 is 0 Å². The zero-order valence-corrected chi connectivity index (χ0v) is 10.9. The summed E-state index contributed by atoms with van der Waals surface area (Å²) in [6.45, 7) is 1.67. The molecule has 0 radical (unpaired) electrons. The van der Waals surface area contributed by atoms with Gasteiger partial charge in [0.25, 0.3) is 0 Å². The fourth-order valence-corrected chi connectivity index (χ4v) is 2.98. The first-order chi connectivity index (χ1) is 8.65. The first-order valence-electron chi connectivity index (χ1n) is 6.44. The Bertz CT molecular complexity index is 387. The second-order valence-electron chi connectivity index (χ2n) is 5.02. The molecule has 18 heavy (non-hydrogen) atoms. The van der Waals surface area contributed by atoms with Gasteiger partial charge in [-0.05, 0) is 58.1 Å². The van der Waals surface area contributed by atoms with Gasteiger partial charge in [0.15, 0.2) is 0 Å². The van der Waals surface area contributed by atoms with E-state index >= 15 is 0 Å². The van der Waals surface area contributed by atoms with Crippen LogP contribution in [0.2, 0.25) is 0 Å². The van der Waals surface area contributed by atoms with Crippen LogP contribution in [0, 0.1) is 17.6 Å². The molecule has 2 atom stereocenters. The average Bonchev–Trinajstić information content (AvgIpc) is 2.32. The summed E-state index contributed by atoms with van der Waals surface area (Å²) in [5.41, 5.74) is 0.222. The van der Waals surface area contributed by atoms with Crippen molar-refractivity contribution in [3.8, 4) is 0 Å². The summed E-state index contributed by atoms with van der Waals surface area (Å²) in [7, 11) is 3.82. The van der Waals surface area contributed by atoms with Crippen molar-refractivity contribution in [3.63, 3.8) is 0 Å². The van der Waals surface area contributed by atoms with Crippen molar-refractivity contribution < 1.29 is 8.78 Å². The van der Waals surface area contributed by atoms with Crippen LogP contribution in [0.1, 0.15) is 24.4 Å². The molecule has 0 saturated carbocycles. The molecule has 100 valence electrons. The Morgan fingerprint density at radius 1 is 1.33 bits per heavy atom. The summed E-state index contributed by atoms with van der Waals surface area (Å²) in [5.74, 6) is -0.621. The van der Waals surface area contributed by atoms with Crippen molar-refractivity contribution in [3.05, 3.63) is 35.4 Å². The van der Waals surface area contributed by atoms with E-state index in [1.165, 1.54) is 18.2 Å². The fourth-order valence-electron chi connectivity index (χ4n) is 2.98. The van der Waals surface area contributed by atoms with Gasteiger partial charge in [-0.3, -0.25) is 4.90 Å². The Hall–Kier alpha value is -1.00. The normalized spacial score (nSPS) is 25.3. The number of hydrogen-bond acceptors (Lipinski definition) is 2. The third-order valence-corrected chi connectivity index (χ3v) is 3.77. The quantitative estimate of drug-likeness (QED) is 0.892. The van der Waals surface area contributed by atoms with E-state index in [0.717, 1.165) is 25.9 Å². The summed E-state index contributed by atoms with van der Waals surface area (Å²) in [4.78, 5) is 2.06. The maximum Gasteiger partial charge on any atom is 0.130 e. The second-order valence-corrected chi connectivity index (χ2v) is 5.02. The van der Waals surface area contributed by atoms with Gasteiger partial charge in [0.1, 0.15) is 11.6 Å². The highest BCUT2D eigenvalue weighted by atomic mass is 19.1. The highest BCUT2D eigenvalue weighted by molar-refractivity contribution is 5.24. The number of nitrogens with one attached hydrogen (secondary N) is 1. The largest absolute Gasteiger partial charge is 0.319 e. The Balaban J connectivity index is 2.37. The Morgan fingerprint density at radius 3 is 2.61 bits per heavy atom. The van der Waals surface area contributed by atoms with Gasteiger partial charge in [-0.25, -0.2) is 8.78 Å². The van der Waals surface area contributed by atoms with E-state index in [0.29, 0.717) is 0 Å². The molecular weight excluding hydrogens is 234 g/mol. The molecule has 1 aliphatic rings. The van der Waals surface area contributed by atoms with E-state index < -0.39 is 11.6 Å². The monoisotopic (exact) mass is 254 g/mol. The Kier molecular flexibility index (Phi) is 4.30. The number of piperidine rings is 1. The Morgan fingerprint density at radius 2 is 2.00 bits per heavy atom. The minimum atomic E-state index is -0.435. The molecule has 4 heteroatoms. The molecule has 0 aromatic heterocycles. The molecule has 1 fully saturated rings. The van der Waals surface area contributed by atoms with Crippen molar-refractivity contribution in [2.45, 2.75) is 18.9 Å². The number of benzene rings is 1. The number of hydrogen-bond donors (Lipinski definition) is 1. The van der Waals surface area contributed by atoms with E-state index in [4.69, 9.17) is 0 Å². The summed E-state index contributed by atoms with van der Waals surface area (Å²) in [6.07, 6.45) is 2.08. The van der Waals surface area contributed by atoms with E-state index in [1.807, 2.05) is 14.1 Å². The van der Waals surface area contributed by atoms with E-state index in [-0.39, 0.29) is 17.5 Å². The number of halogens is 2. The molecule has 1 aromatic carbocycles. The zero-order valence-electron chi connectivity index (χ0n) is 10.9. The number of nitrogens with zero attached hydrogens (tertiary/aromatic N) is 1. The molecule has 1 aromatic rings. The van der Waals surface area contributed by atoms with Gasteiger partial charge in [-0.2, -0.15) is 0 Å². The van der Waals surface area contributed by atoms with Crippen LogP contribution in [0.3, 0.4) is 0 Å². The molecule has 2 unspecified atom stereocenters. The summed E-state index contributed by atoms with van der Waals surface area (Å²) in [6, 6.07) is 3.94. The molecule has 0 amide bonds. The highest BCUT2D eigenvalue weighted by Crippen LogP contribution is 2.37. The van der Waals surface area contributed by atoms with Crippen LogP contribution in [-0.2, 0) is 0 Å². The standard InChI is InChI=1S/C14H20F2N2/c1-17-9-10-5-4-8-18(2)14(10)13-11(15)6-3-7-12(13)16/h3,6-7,10,14,17H,4-5,8-9H2,1-2H3. The predicted octanol–water partition coefficient (Wildman–Crippen LogP) is 2.57. The van der Waals surface area contributed by atoms with Crippen molar-refractivity contribution >= 4 is 0 Å². The fraction of sp³-hybridized carbons (Fsp3) is 0.571. The molecule has 0 aliphatic carbocycles. The lowest BCUT2D eigenvalue weighted by Crippen LogP contribution is -2.40. The summed E-state index contributed by atoms with van der Waals surface area (Å²) >= 11 is 0. The Labute approximate surface area is 107 Å². The lowest BCUT2D eigenvalue weighted by atomic mass is 9.84. The van der Waals surface area contributed by atoms with Crippen LogP contribution < -0.4 is 5.32 Å². The molecule has 1 saturated heterocycles. The third-order valence-electron chi connectivity index (χ3n) is 3.77. The van der Waals surface area contributed by atoms with Gasteiger partial charge >= 0.3 is 0 Å². The van der Waals surface area contributed by atoms with Gasteiger partial charge in [-0.1, -0.05) is 6.07 Å². The predicted molar refractivity (Wildman–Crippen MR) is 68.4 cm³/mol. The minimum Gasteiger partial charge on any atom is -0.319 e. The lowest BCUT2D eigenvalue weighted by Gasteiger charge is -2.39. The molecule has 1 aliphatic heterocycles. The van der Waals surface area contributed by atoms with Gasteiger partial charge in [0, 0.05) is 11.6 Å². The average molecular weight is 254 g/mol. The van der Waals surface area contributed by atoms with Crippen molar-refractivity contribution in [2.24, 2.45) is 5.92 Å². The lowest BCUT2D eigenvalue weighted by molar-refractivity contribution is 0.114. The van der Waals surface area contributed by atoms with Gasteiger partial charge in [0.2, 0.25) is 0 Å². The van der Waals surface area contributed by atoms with Crippen LogP contribution in [0.15, 0.2) is 18.2 Å². The third kappa shape index (κ3) is 2.54. The smallest absolute Gasteiger partial charge is 0.130 e. The summed E-state index contributed by atoms with van der Waals surface area (Å²) in [5, 5.41) is 3.13. The topological polar surface area (TPSA) is 15.3 Å². The van der Waals surface area contributed by atoms with Crippen LogP contribution in [0.4, 0.5) is 8.78 Å². The SMILES string of the molecule is CNCC1CCCN(C)C1c1c(F)cccc1F. The maximum absolute atomic E-state index is 13.9. The van der Waals surface area contributed by atoms with Gasteiger partial charge < -0.3 is 5.32 Å². The van der Waals surface area contributed by atoms with Gasteiger partial charge in [0.05, 0.1) is 0 Å². The molecule has 1 heterocycles. The minimum absolute atomic E-state index is 0.174. The second kappa shape index (κ2) is 5.76. The van der Waals surface area contributed by atoms with Crippen molar-refractivity contribution in [1.29, 1.82) is 0 Å². The first-order valence-corrected chi connectivity index (χ1v) is 6.44. The van der Waals surface area contributed by atoms with E-state index in [2.05, 4.69) is 10.2 Å². The van der Waals surface area contributed by atoms with Crippen LogP contribution in [0.5, 0.6) is 0 Å². The van der Waals surface area contributed by atoms with E-state index in [1.54, 1.807) is 0 Å². The van der Waals surface area contributed by atoms with Crippen molar-refractivity contribution in [2.75, 3.05) is 27.2 Å². The highest BCUT2D eigenvalue weighted by Gasteiger charge is 2.33. The molecule has 1 N–H and O–H groups in total. The molecular formula is C14H20F2N2.